The summed E-state index contributed by atoms with van der Waals surface area (Å²) in [6, 6.07) is 4.40. The molecule has 2 aromatic rings. The van der Waals surface area contributed by atoms with Gasteiger partial charge in [-0.1, -0.05) is 18.7 Å². The number of urea groups is 1. The summed E-state index contributed by atoms with van der Waals surface area (Å²) in [4.78, 5) is 19.6. The van der Waals surface area contributed by atoms with E-state index in [-0.39, 0.29) is 22.2 Å². The number of benzene rings is 1. The van der Waals surface area contributed by atoms with Crippen LogP contribution < -0.4 is 16.8 Å². The van der Waals surface area contributed by atoms with Gasteiger partial charge in [0.05, 0.1) is 10.6 Å². The molecule has 10 heteroatoms. The number of nitrogens with one attached hydrogen (secondary N) is 1. The molecule has 1 aromatic heterocycles. The summed E-state index contributed by atoms with van der Waals surface area (Å²) < 4.78 is 39.5. The number of hydrogen-bond donors (Lipinski definition) is 3. The van der Waals surface area contributed by atoms with Gasteiger partial charge in [0.1, 0.15) is 16.4 Å². The van der Waals surface area contributed by atoms with Crippen LogP contribution in [0.5, 0.6) is 0 Å². The minimum absolute atomic E-state index is 0.0583. The van der Waals surface area contributed by atoms with Crippen molar-refractivity contribution >= 4 is 27.3 Å². The van der Waals surface area contributed by atoms with Crippen LogP contribution in [0, 0.1) is 12.7 Å². The van der Waals surface area contributed by atoms with Gasteiger partial charge in [-0.2, -0.15) is 0 Å². The van der Waals surface area contributed by atoms with Gasteiger partial charge in [-0.3, -0.25) is 0 Å². The number of nitrogens with zero attached hydrogens (tertiary/aromatic N) is 2. The maximum Gasteiger partial charge on any atom is 0.316 e. The van der Waals surface area contributed by atoms with Crippen molar-refractivity contribution in [1.82, 2.24) is 15.3 Å². The molecule has 0 spiro atoms. The number of anilines is 1. The number of aryl methyl sites for hydroxylation is 1. The Morgan fingerprint density at radius 1 is 1.25 bits per heavy atom. The fourth-order valence-corrected chi connectivity index (χ4v) is 5.52. The summed E-state index contributed by atoms with van der Waals surface area (Å²) in [6.07, 6.45) is 5.27. The molecular weight excluding hydrogens is 433 g/mol. The zero-order valence-electron chi connectivity index (χ0n) is 17.7. The number of amides is 2. The Morgan fingerprint density at radius 3 is 2.53 bits per heavy atom. The number of nitrogen functional groups attached to an aromatic ring is 1. The third-order valence-corrected chi connectivity index (χ3v) is 7.89. The highest BCUT2D eigenvalue weighted by atomic mass is 32.2. The van der Waals surface area contributed by atoms with Crippen LogP contribution in [0.1, 0.15) is 36.8 Å². The first kappa shape index (κ1) is 23.1. The van der Waals surface area contributed by atoms with E-state index in [4.69, 9.17) is 11.5 Å². The van der Waals surface area contributed by atoms with E-state index in [2.05, 4.69) is 21.9 Å². The molecule has 1 fully saturated rings. The van der Waals surface area contributed by atoms with E-state index in [1.807, 2.05) is 0 Å². The standard InChI is InChI=1S/C22H24FN5O3S/c1-4-16(26-21(25)29)8-6-14(3)20-27-18(12-19(24)28-20)22(9-10-22)32(30,31)17-11-15(23)7-5-13(17)2/h4-8,11-12H,1,9-10H2,2-3H3,(H2,24,27,28)(H3,25,26,29)/b14-6+,16-8+. The lowest BCUT2D eigenvalue weighted by atomic mass is 10.2. The third-order valence-electron chi connectivity index (χ3n) is 5.22. The Morgan fingerprint density at radius 2 is 1.94 bits per heavy atom. The van der Waals surface area contributed by atoms with E-state index in [9.17, 15) is 17.6 Å². The molecule has 1 saturated carbocycles. The quantitative estimate of drug-likeness (QED) is 0.546. The number of carbonyl (C=O) groups excluding carboxylic acids is 1. The fraction of sp³-hybridized carbons (Fsp3) is 0.227. The van der Waals surface area contributed by atoms with Crippen LogP contribution in [0.4, 0.5) is 15.0 Å². The first-order valence-electron chi connectivity index (χ1n) is 9.74. The normalized spacial score (nSPS) is 15.8. The number of halogens is 1. The largest absolute Gasteiger partial charge is 0.384 e. The van der Waals surface area contributed by atoms with Gasteiger partial charge >= 0.3 is 6.03 Å². The predicted octanol–water partition coefficient (Wildman–Crippen LogP) is 3.11. The second-order valence-corrected chi connectivity index (χ2v) is 9.80. The maximum atomic E-state index is 13.8. The van der Waals surface area contributed by atoms with Crippen LogP contribution in [-0.2, 0) is 14.6 Å². The fourth-order valence-electron chi connectivity index (χ4n) is 3.32. The Bertz CT molecular complexity index is 1260. The Kier molecular flexibility index (Phi) is 6.18. The molecule has 32 heavy (non-hydrogen) atoms. The summed E-state index contributed by atoms with van der Waals surface area (Å²) in [5.74, 6) is -0.282. The highest BCUT2D eigenvalue weighted by molar-refractivity contribution is 7.92. The third kappa shape index (κ3) is 4.40. The zero-order chi connectivity index (χ0) is 23.7. The molecule has 1 aliphatic rings. The zero-order valence-corrected chi connectivity index (χ0v) is 18.5. The number of allylic oxidation sites excluding steroid dienone is 4. The van der Waals surface area contributed by atoms with Crippen molar-refractivity contribution in [3.8, 4) is 0 Å². The topological polar surface area (TPSA) is 141 Å². The molecule has 1 aliphatic carbocycles. The molecule has 0 bridgehead atoms. The summed E-state index contributed by atoms with van der Waals surface area (Å²) in [7, 11) is -3.93. The number of aromatic nitrogens is 2. The number of nitrogens with two attached hydrogens (primary N) is 2. The minimum Gasteiger partial charge on any atom is -0.384 e. The molecule has 8 nitrogen and oxygen atoms in total. The van der Waals surface area contributed by atoms with Crippen LogP contribution in [0.15, 0.2) is 59.7 Å². The van der Waals surface area contributed by atoms with Gasteiger partial charge < -0.3 is 16.8 Å². The van der Waals surface area contributed by atoms with Gasteiger partial charge in [0.25, 0.3) is 0 Å². The predicted molar refractivity (Wildman–Crippen MR) is 120 cm³/mol. The lowest BCUT2D eigenvalue weighted by Crippen LogP contribution is -2.27. The Hall–Kier alpha value is -3.53. The summed E-state index contributed by atoms with van der Waals surface area (Å²) in [6.45, 7) is 6.93. The molecule has 2 amide bonds. The van der Waals surface area contributed by atoms with E-state index in [0.717, 1.165) is 6.07 Å². The second-order valence-electron chi connectivity index (χ2n) is 7.57. The van der Waals surface area contributed by atoms with E-state index in [1.54, 1.807) is 26.0 Å². The van der Waals surface area contributed by atoms with E-state index >= 15 is 0 Å². The molecule has 1 aromatic carbocycles. The minimum atomic E-state index is -3.93. The molecule has 0 unspecified atom stereocenters. The van der Waals surface area contributed by atoms with E-state index in [1.165, 1.54) is 24.3 Å². The lowest BCUT2D eigenvalue weighted by molar-refractivity contribution is 0.251. The van der Waals surface area contributed by atoms with E-state index < -0.39 is 26.4 Å². The van der Waals surface area contributed by atoms with Crippen LogP contribution >= 0.6 is 0 Å². The van der Waals surface area contributed by atoms with Crippen LogP contribution in [0.25, 0.3) is 5.57 Å². The smallest absolute Gasteiger partial charge is 0.316 e. The SMILES string of the molecule is C=C/C(=C\C=C(/C)c1nc(N)cc(C2(S(=O)(=O)c3cc(F)ccc3C)CC2)n1)NC(N)=O. The molecule has 168 valence electrons. The molecule has 0 radical (unpaired) electrons. The van der Waals surface area contributed by atoms with Gasteiger partial charge in [-0.15, -0.1) is 0 Å². The second kappa shape index (κ2) is 8.54. The molecule has 0 aliphatic heterocycles. The van der Waals surface area contributed by atoms with E-state index in [0.29, 0.717) is 29.7 Å². The van der Waals surface area contributed by atoms with Gasteiger partial charge in [-0.25, -0.2) is 27.6 Å². The lowest BCUT2D eigenvalue weighted by Gasteiger charge is -2.18. The number of primary amides is 1. The maximum absolute atomic E-state index is 13.8. The van der Waals surface area contributed by atoms with Crippen molar-refractivity contribution in [3.05, 3.63) is 77.7 Å². The van der Waals surface area contributed by atoms with Gasteiger partial charge in [0.15, 0.2) is 15.7 Å². The average Bonchev–Trinajstić information content (AvgIpc) is 3.54. The van der Waals surface area contributed by atoms with Crippen molar-refractivity contribution < 1.29 is 17.6 Å². The number of rotatable bonds is 7. The summed E-state index contributed by atoms with van der Waals surface area (Å²) in [5, 5.41) is 2.40. The van der Waals surface area contributed by atoms with Gasteiger partial charge in [0, 0.05) is 11.8 Å². The summed E-state index contributed by atoms with van der Waals surface area (Å²) >= 11 is 0. The number of sulfone groups is 1. The Balaban J connectivity index is 2.04. The molecule has 5 N–H and O–H groups in total. The number of carbonyl (C=O) groups is 1. The first-order valence-corrected chi connectivity index (χ1v) is 11.2. The van der Waals surface area contributed by atoms with Gasteiger partial charge in [0.2, 0.25) is 0 Å². The van der Waals surface area contributed by atoms with Crippen LogP contribution in [0.2, 0.25) is 0 Å². The van der Waals surface area contributed by atoms with Crippen molar-refractivity contribution in [1.29, 1.82) is 0 Å². The van der Waals surface area contributed by atoms with Crippen LogP contribution in [0.3, 0.4) is 0 Å². The van der Waals surface area contributed by atoms with Crippen molar-refractivity contribution in [2.75, 3.05) is 5.73 Å². The molecular formula is C22H24FN5O3S. The molecule has 0 saturated heterocycles. The Labute approximate surface area is 185 Å². The highest BCUT2D eigenvalue weighted by Gasteiger charge is 2.58. The molecule has 3 rings (SSSR count). The first-order chi connectivity index (χ1) is 15.0. The highest BCUT2D eigenvalue weighted by Crippen LogP contribution is 2.55. The van der Waals surface area contributed by atoms with Crippen molar-refractivity contribution in [2.45, 2.75) is 36.3 Å². The molecule has 1 heterocycles. The summed E-state index contributed by atoms with van der Waals surface area (Å²) in [5.41, 5.74) is 12.7. The monoisotopic (exact) mass is 457 g/mol. The number of hydrogen-bond acceptors (Lipinski definition) is 6. The van der Waals surface area contributed by atoms with Crippen LogP contribution in [-0.4, -0.2) is 24.4 Å². The van der Waals surface area contributed by atoms with Crippen molar-refractivity contribution in [3.63, 3.8) is 0 Å². The van der Waals surface area contributed by atoms with Crippen molar-refractivity contribution in [2.24, 2.45) is 5.73 Å². The molecule has 0 atom stereocenters. The van der Waals surface area contributed by atoms with Gasteiger partial charge in [-0.05, 0) is 62.1 Å². The average molecular weight is 458 g/mol.